The molecule has 2 rings (SSSR count). The van der Waals surface area contributed by atoms with Crippen LogP contribution in [0.2, 0.25) is 0 Å². The molecule has 6 heteroatoms. The van der Waals surface area contributed by atoms with Gasteiger partial charge < -0.3 is 20.5 Å². The van der Waals surface area contributed by atoms with E-state index in [0.717, 1.165) is 5.69 Å². The second-order valence-electron chi connectivity index (χ2n) is 3.92. The molecule has 1 aromatic heterocycles. The maximum Gasteiger partial charge on any atom is 0.141 e. The van der Waals surface area contributed by atoms with Crippen molar-refractivity contribution in [3.8, 4) is 0 Å². The molecule has 1 fully saturated rings. The number of morpholine rings is 1. The molecule has 1 aromatic rings. The molecular weight excluding hydrogens is 220 g/mol. The number of anilines is 1. The maximum absolute atomic E-state index is 9.30. The highest BCUT2D eigenvalue weighted by atomic mass is 16.5. The van der Waals surface area contributed by atoms with Crippen LogP contribution in [0, 0.1) is 5.41 Å². The quantitative estimate of drug-likeness (QED) is 0.488. The predicted molar refractivity (Wildman–Crippen MR) is 64.3 cm³/mol. The molecule has 92 valence electrons. The molecule has 0 aliphatic carbocycles. The van der Waals surface area contributed by atoms with Gasteiger partial charge in [-0.1, -0.05) is 0 Å². The van der Waals surface area contributed by atoms with Crippen molar-refractivity contribution < 1.29 is 9.84 Å². The first-order chi connectivity index (χ1) is 8.22. The number of nitrogen functional groups attached to an aromatic ring is 1. The van der Waals surface area contributed by atoms with Gasteiger partial charge in [-0.15, -0.1) is 0 Å². The van der Waals surface area contributed by atoms with Gasteiger partial charge in [0.2, 0.25) is 0 Å². The number of nitrogens with zero attached hydrogens (tertiary/aromatic N) is 2. The van der Waals surface area contributed by atoms with E-state index in [1.807, 2.05) is 6.07 Å². The lowest BCUT2D eigenvalue weighted by atomic mass is 10.2. The first-order valence-electron chi connectivity index (χ1n) is 5.48. The fourth-order valence-corrected chi connectivity index (χ4v) is 1.89. The molecule has 0 aromatic carbocycles. The summed E-state index contributed by atoms with van der Waals surface area (Å²) in [6.07, 6.45) is 1.62. The smallest absolute Gasteiger partial charge is 0.141 e. The Labute approximate surface area is 99.5 Å². The third kappa shape index (κ3) is 2.54. The van der Waals surface area contributed by atoms with Crippen molar-refractivity contribution >= 4 is 11.5 Å². The minimum absolute atomic E-state index is 0.0394. The Morgan fingerprint density at radius 3 is 3.24 bits per heavy atom. The number of nitrogens with one attached hydrogen (secondary N) is 1. The van der Waals surface area contributed by atoms with Gasteiger partial charge >= 0.3 is 0 Å². The van der Waals surface area contributed by atoms with Gasteiger partial charge in [0.05, 0.1) is 25.9 Å². The summed E-state index contributed by atoms with van der Waals surface area (Å²) in [6, 6.07) is 3.56. The Kier molecular flexibility index (Phi) is 3.55. The first-order valence-corrected chi connectivity index (χ1v) is 5.48. The second-order valence-corrected chi connectivity index (χ2v) is 3.92. The fraction of sp³-hybridized carbons (Fsp3) is 0.455. The van der Waals surface area contributed by atoms with Crippen molar-refractivity contribution in [3.63, 3.8) is 0 Å². The Morgan fingerprint density at radius 1 is 1.71 bits per heavy atom. The third-order valence-electron chi connectivity index (χ3n) is 2.79. The standard InChI is InChI=1S/C11H16N4O2/c12-11(13)10-5-8(1-2-14-10)15-3-4-17-7-9(15)6-16/h1-2,5,9,16H,3-4,6-7H2,(H3,12,13). The average molecular weight is 236 g/mol. The van der Waals surface area contributed by atoms with Crippen molar-refractivity contribution in [2.45, 2.75) is 6.04 Å². The summed E-state index contributed by atoms with van der Waals surface area (Å²) in [5.74, 6) is -0.0549. The Bertz CT molecular complexity index is 410. The van der Waals surface area contributed by atoms with E-state index in [9.17, 15) is 5.11 Å². The molecule has 0 spiro atoms. The van der Waals surface area contributed by atoms with E-state index in [2.05, 4.69) is 9.88 Å². The molecule has 17 heavy (non-hydrogen) atoms. The second kappa shape index (κ2) is 5.11. The molecule has 0 saturated carbocycles. The average Bonchev–Trinajstić information content (AvgIpc) is 2.39. The summed E-state index contributed by atoms with van der Waals surface area (Å²) in [4.78, 5) is 6.07. The zero-order chi connectivity index (χ0) is 12.3. The molecule has 0 amide bonds. The summed E-state index contributed by atoms with van der Waals surface area (Å²) < 4.78 is 5.32. The van der Waals surface area contributed by atoms with E-state index in [-0.39, 0.29) is 18.5 Å². The highest BCUT2D eigenvalue weighted by Gasteiger charge is 2.22. The van der Waals surface area contributed by atoms with E-state index in [0.29, 0.717) is 25.5 Å². The number of nitrogens with two attached hydrogens (primary N) is 1. The Morgan fingerprint density at radius 2 is 2.53 bits per heavy atom. The lowest BCUT2D eigenvalue weighted by molar-refractivity contribution is 0.0727. The number of aromatic nitrogens is 1. The number of rotatable bonds is 3. The van der Waals surface area contributed by atoms with E-state index in [1.54, 1.807) is 12.3 Å². The Hall–Kier alpha value is -1.66. The van der Waals surface area contributed by atoms with Crippen molar-refractivity contribution in [3.05, 3.63) is 24.0 Å². The molecular formula is C11H16N4O2. The number of aliphatic hydroxyl groups is 1. The van der Waals surface area contributed by atoms with Crippen LogP contribution in [-0.2, 0) is 4.74 Å². The van der Waals surface area contributed by atoms with Crippen molar-refractivity contribution in [1.29, 1.82) is 5.41 Å². The SMILES string of the molecule is N=C(N)c1cc(N2CCOCC2CO)ccn1. The monoisotopic (exact) mass is 236 g/mol. The van der Waals surface area contributed by atoms with E-state index < -0.39 is 0 Å². The van der Waals surface area contributed by atoms with Gasteiger partial charge in [-0.2, -0.15) is 0 Å². The van der Waals surface area contributed by atoms with Gasteiger partial charge in [0, 0.05) is 18.4 Å². The molecule has 6 nitrogen and oxygen atoms in total. The van der Waals surface area contributed by atoms with Gasteiger partial charge in [-0.05, 0) is 12.1 Å². The number of pyridine rings is 1. The van der Waals surface area contributed by atoms with Crippen LogP contribution in [0.3, 0.4) is 0 Å². The van der Waals surface area contributed by atoms with Gasteiger partial charge in [-0.25, -0.2) is 0 Å². The number of hydrogen-bond acceptors (Lipinski definition) is 5. The summed E-state index contributed by atoms with van der Waals surface area (Å²) in [6.45, 7) is 1.90. The predicted octanol–water partition coefficient (Wildman–Crippen LogP) is -0.437. The van der Waals surface area contributed by atoms with Crippen LogP contribution in [0.25, 0.3) is 0 Å². The Balaban J connectivity index is 2.25. The molecule has 0 bridgehead atoms. The normalized spacial score (nSPS) is 20.3. The van der Waals surface area contributed by atoms with Crippen molar-refractivity contribution in [2.75, 3.05) is 31.3 Å². The minimum Gasteiger partial charge on any atom is -0.394 e. The highest BCUT2D eigenvalue weighted by molar-refractivity contribution is 5.93. The van der Waals surface area contributed by atoms with Crippen LogP contribution in [0.1, 0.15) is 5.69 Å². The lowest BCUT2D eigenvalue weighted by Crippen LogP contribution is -2.47. The van der Waals surface area contributed by atoms with Crippen LogP contribution in [0.15, 0.2) is 18.3 Å². The summed E-state index contributed by atoms with van der Waals surface area (Å²) in [5.41, 5.74) is 6.77. The van der Waals surface area contributed by atoms with Crippen molar-refractivity contribution in [2.24, 2.45) is 5.73 Å². The molecule has 4 N–H and O–H groups in total. The lowest BCUT2D eigenvalue weighted by Gasteiger charge is -2.36. The number of amidine groups is 1. The largest absolute Gasteiger partial charge is 0.394 e. The zero-order valence-corrected chi connectivity index (χ0v) is 9.47. The van der Waals surface area contributed by atoms with Gasteiger partial charge in [0.1, 0.15) is 11.5 Å². The molecule has 1 aliphatic heterocycles. The topological polar surface area (TPSA) is 95.5 Å². The number of ether oxygens (including phenoxy) is 1. The zero-order valence-electron chi connectivity index (χ0n) is 9.47. The highest BCUT2D eigenvalue weighted by Crippen LogP contribution is 2.19. The van der Waals surface area contributed by atoms with Gasteiger partial charge in [-0.3, -0.25) is 10.4 Å². The fourth-order valence-electron chi connectivity index (χ4n) is 1.89. The summed E-state index contributed by atoms with van der Waals surface area (Å²) >= 11 is 0. The molecule has 1 unspecified atom stereocenters. The van der Waals surface area contributed by atoms with Crippen LogP contribution in [0.5, 0.6) is 0 Å². The van der Waals surface area contributed by atoms with E-state index in [1.165, 1.54) is 0 Å². The molecule has 2 heterocycles. The third-order valence-corrected chi connectivity index (χ3v) is 2.79. The van der Waals surface area contributed by atoms with Crippen LogP contribution in [0.4, 0.5) is 5.69 Å². The summed E-state index contributed by atoms with van der Waals surface area (Å²) in [5, 5.41) is 16.7. The minimum atomic E-state index is -0.0549. The first kappa shape index (κ1) is 11.8. The number of aliphatic hydroxyl groups excluding tert-OH is 1. The van der Waals surface area contributed by atoms with Crippen LogP contribution >= 0.6 is 0 Å². The number of hydrogen-bond donors (Lipinski definition) is 3. The van der Waals surface area contributed by atoms with Gasteiger partial charge in [0.15, 0.2) is 0 Å². The molecule has 0 radical (unpaired) electrons. The molecule has 1 atom stereocenters. The van der Waals surface area contributed by atoms with E-state index >= 15 is 0 Å². The molecule has 1 aliphatic rings. The van der Waals surface area contributed by atoms with Crippen LogP contribution in [-0.4, -0.2) is 48.3 Å². The summed E-state index contributed by atoms with van der Waals surface area (Å²) in [7, 11) is 0. The van der Waals surface area contributed by atoms with Crippen LogP contribution < -0.4 is 10.6 Å². The van der Waals surface area contributed by atoms with Crippen molar-refractivity contribution in [1.82, 2.24) is 4.98 Å². The molecule has 1 saturated heterocycles. The van der Waals surface area contributed by atoms with Gasteiger partial charge in [0.25, 0.3) is 0 Å². The van der Waals surface area contributed by atoms with E-state index in [4.69, 9.17) is 15.9 Å². The maximum atomic E-state index is 9.30.